The zero-order valence-corrected chi connectivity index (χ0v) is 21.0. The SMILES string of the molecule is Cc1ccc(-c2cc(-c3cccs3)nc(SC(c3ccccc3)c3sc(=O)[nH]c3O)c2C#N)cc1. The molecule has 0 fully saturated rings. The fourth-order valence-electron chi connectivity index (χ4n) is 3.75. The number of aromatic nitrogens is 2. The number of thioether (sulfide) groups is 1. The molecule has 0 aliphatic heterocycles. The van der Waals surface area contributed by atoms with E-state index in [2.05, 4.69) is 11.1 Å². The quantitative estimate of drug-likeness (QED) is 0.239. The molecule has 3 aromatic heterocycles. The molecule has 2 aromatic carbocycles. The van der Waals surface area contributed by atoms with Gasteiger partial charge in [-0.1, -0.05) is 89.3 Å². The number of nitrogens with zero attached hydrogens (tertiary/aromatic N) is 2. The summed E-state index contributed by atoms with van der Waals surface area (Å²) in [4.78, 5) is 20.6. The molecule has 0 aliphatic carbocycles. The van der Waals surface area contributed by atoms with E-state index in [-0.39, 0.29) is 10.8 Å². The normalized spacial score (nSPS) is 11.8. The summed E-state index contributed by atoms with van der Waals surface area (Å²) >= 11 is 3.91. The van der Waals surface area contributed by atoms with Gasteiger partial charge in [0, 0.05) is 5.56 Å². The lowest BCUT2D eigenvalue weighted by Crippen LogP contribution is -2.00. The maximum Gasteiger partial charge on any atom is 0.307 e. The minimum Gasteiger partial charge on any atom is -0.494 e. The maximum absolute atomic E-state index is 12.0. The van der Waals surface area contributed by atoms with Gasteiger partial charge >= 0.3 is 4.87 Å². The van der Waals surface area contributed by atoms with Crippen LogP contribution in [-0.4, -0.2) is 15.1 Å². The Balaban J connectivity index is 1.71. The van der Waals surface area contributed by atoms with Gasteiger partial charge in [-0.3, -0.25) is 9.78 Å². The van der Waals surface area contributed by atoms with E-state index >= 15 is 0 Å². The van der Waals surface area contributed by atoms with E-state index in [1.807, 2.05) is 85.1 Å². The Kier molecular flexibility index (Phi) is 6.55. The zero-order valence-electron chi connectivity index (χ0n) is 18.6. The average molecular weight is 514 g/mol. The van der Waals surface area contributed by atoms with Crippen LogP contribution in [0.5, 0.6) is 5.88 Å². The van der Waals surface area contributed by atoms with E-state index in [0.29, 0.717) is 15.5 Å². The molecule has 5 nitrogen and oxygen atoms in total. The number of hydrogen-bond donors (Lipinski definition) is 2. The number of hydrogen-bond acceptors (Lipinski definition) is 7. The van der Waals surface area contributed by atoms with Gasteiger partial charge in [0.15, 0.2) is 0 Å². The number of benzene rings is 2. The van der Waals surface area contributed by atoms with Gasteiger partial charge in [0.25, 0.3) is 0 Å². The van der Waals surface area contributed by atoms with Gasteiger partial charge < -0.3 is 5.11 Å². The van der Waals surface area contributed by atoms with Crippen molar-refractivity contribution in [2.45, 2.75) is 17.2 Å². The monoisotopic (exact) mass is 513 g/mol. The molecule has 0 radical (unpaired) electrons. The van der Waals surface area contributed by atoms with E-state index in [1.165, 1.54) is 11.8 Å². The topological polar surface area (TPSA) is 89.8 Å². The molecule has 3 heterocycles. The summed E-state index contributed by atoms with van der Waals surface area (Å²) in [7, 11) is 0. The van der Waals surface area contributed by atoms with Crippen LogP contribution in [0.3, 0.4) is 0 Å². The highest BCUT2D eigenvalue weighted by atomic mass is 32.2. The Morgan fingerprint density at radius 1 is 1.09 bits per heavy atom. The second-order valence-corrected chi connectivity index (χ2v) is 10.9. The van der Waals surface area contributed by atoms with Crippen molar-refractivity contribution in [1.29, 1.82) is 5.26 Å². The first-order valence-corrected chi connectivity index (χ1v) is 13.3. The molecule has 0 saturated carbocycles. The number of nitriles is 1. The summed E-state index contributed by atoms with van der Waals surface area (Å²) in [5.74, 6) is -0.159. The lowest BCUT2D eigenvalue weighted by molar-refractivity contribution is 0.451. The van der Waals surface area contributed by atoms with Crippen LogP contribution in [0, 0.1) is 18.3 Å². The molecule has 0 aliphatic rings. The highest BCUT2D eigenvalue weighted by Gasteiger charge is 2.26. The smallest absolute Gasteiger partial charge is 0.307 e. The molecule has 5 rings (SSSR count). The van der Waals surface area contributed by atoms with Crippen LogP contribution >= 0.6 is 34.4 Å². The van der Waals surface area contributed by atoms with Crippen molar-refractivity contribution in [2.75, 3.05) is 0 Å². The summed E-state index contributed by atoms with van der Waals surface area (Å²) in [6, 6.07) is 26.0. The molecular formula is C27H19N3O2S3. The molecule has 0 bridgehead atoms. The summed E-state index contributed by atoms with van der Waals surface area (Å²) in [5, 5.41) is 22.8. The third-order valence-corrected chi connectivity index (χ3v) is 8.70. The van der Waals surface area contributed by atoms with Crippen LogP contribution in [0.4, 0.5) is 0 Å². The summed E-state index contributed by atoms with van der Waals surface area (Å²) in [5.41, 5.74) is 4.99. The van der Waals surface area contributed by atoms with Crippen LogP contribution in [0.25, 0.3) is 21.7 Å². The van der Waals surface area contributed by atoms with Crippen LogP contribution in [0.2, 0.25) is 0 Å². The molecule has 1 unspecified atom stereocenters. The van der Waals surface area contributed by atoms with E-state index in [9.17, 15) is 15.2 Å². The minimum absolute atomic E-state index is 0.159. The highest BCUT2D eigenvalue weighted by Crippen LogP contribution is 2.46. The lowest BCUT2D eigenvalue weighted by Gasteiger charge is -2.18. The van der Waals surface area contributed by atoms with Crippen LogP contribution in [0.1, 0.15) is 26.8 Å². The number of aryl methyl sites for hydroxylation is 1. The largest absolute Gasteiger partial charge is 0.494 e. The second-order valence-electron chi connectivity index (χ2n) is 7.83. The number of aromatic amines is 1. The number of pyridine rings is 1. The van der Waals surface area contributed by atoms with Gasteiger partial charge in [0.2, 0.25) is 5.88 Å². The molecule has 2 N–H and O–H groups in total. The molecule has 0 amide bonds. The van der Waals surface area contributed by atoms with E-state index in [1.54, 1.807) is 11.3 Å². The van der Waals surface area contributed by atoms with Gasteiger partial charge in [-0.2, -0.15) is 5.26 Å². The summed E-state index contributed by atoms with van der Waals surface area (Å²) in [6.07, 6.45) is 0. The van der Waals surface area contributed by atoms with Crippen molar-refractivity contribution in [1.82, 2.24) is 9.97 Å². The Hall–Kier alpha value is -3.64. The Morgan fingerprint density at radius 2 is 1.86 bits per heavy atom. The molecule has 1 atom stereocenters. The van der Waals surface area contributed by atoms with Gasteiger partial charge in [-0.25, -0.2) is 4.98 Å². The molecule has 5 aromatic rings. The Labute approximate surface area is 214 Å². The van der Waals surface area contributed by atoms with E-state index < -0.39 is 5.25 Å². The van der Waals surface area contributed by atoms with Gasteiger partial charge in [0.05, 0.1) is 26.3 Å². The third kappa shape index (κ3) is 4.80. The van der Waals surface area contributed by atoms with Gasteiger partial charge in [-0.15, -0.1) is 11.3 Å². The van der Waals surface area contributed by atoms with E-state index in [0.717, 1.165) is 44.2 Å². The van der Waals surface area contributed by atoms with Crippen LogP contribution in [-0.2, 0) is 0 Å². The first-order valence-electron chi connectivity index (χ1n) is 10.7. The molecule has 8 heteroatoms. The summed E-state index contributed by atoms with van der Waals surface area (Å²) < 4.78 is 0. The van der Waals surface area contributed by atoms with Gasteiger partial charge in [0.1, 0.15) is 11.1 Å². The predicted octanol–water partition coefficient (Wildman–Crippen LogP) is 6.99. The van der Waals surface area contributed by atoms with Crippen molar-refractivity contribution in [3.63, 3.8) is 0 Å². The Bertz CT molecular complexity index is 1570. The zero-order chi connectivity index (χ0) is 24.4. The highest BCUT2D eigenvalue weighted by molar-refractivity contribution is 7.99. The van der Waals surface area contributed by atoms with Crippen molar-refractivity contribution < 1.29 is 5.11 Å². The second kappa shape index (κ2) is 9.92. The van der Waals surface area contributed by atoms with Crippen LogP contribution < -0.4 is 4.87 Å². The van der Waals surface area contributed by atoms with Crippen molar-refractivity contribution in [2.24, 2.45) is 0 Å². The average Bonchev–Trinajstić information content (AvgIpc) is 3.52. The van der Waals surface area contributed by atoms with E-state index in [4.69, 9.17) is 4.98 Å². The number of rotatable bonds is 6. The number of thiazole rings is 1. The maximum atomic E-state index is 12.0. The number of nitrogens with one attached hydrogen (secondary N) is 1. The molecule has 0 spiro atoms. The van der Waals surface area contributed by atoms with Crippen LogP contribution in [0.15, 0.2) is 88.0 Å². The minimum atomic E-state index is -0.427. The third-order valence-electron chi connectivity index (χ3n) is 5.46. The predicted molar refractivity (Wildman–Crippen MR) is 143 cm³/mol. The molecule has 172 valence electrons. The number of thiophene rings is 1. The molecule has 35 heavy (non-hydrogen) atoms. The Morgan fingerprint density at radius 3 is 2.49 bits per heavy atom. The lowest BCUT2D eigenvalue weighted by atomic mass is 10.00. The number of H-pyrrole nitrogens is 1. The van der Waals surface area contributed by atoms with Crippen molar-refractivity contribution in [3.8, 4) is 33.6 Å². The van der Waals surface area contributed by atoms with Crippen molar-refractivity contribution in [3.05, 3.63) is 109 Å². The summed E-state index contributed by atoms with van der Waals surface area (Å²) in [6.45, 7) is 2.03. The van der Waals surface area contributed by atoms with Crippen molar-refractivity contribution >= 4 is 34.4 Å². The fourth-order valence-corrected chi connectivity index (χ4v) is 6.62. The molecular weight excluding hydrogens is 495 g/mol. The first kappa shape index (κ1) is 23.1. The number of aromatic hydroxyl groups is 1. The van der Waals surface area contributed by atoms with Gasteiger partial charge in [-0.05, 0) is 35.6 Å². The fraction of sp³-hybridized carbons (Fsp3) is 0.0741. The first-order chi connectivity index (χ1) is 17.0. The standard InChI is InChI=1S/C27H19N3O2S3/c1-16-9-11-17(12-10-16)19-14-21(22-8-5-13-33-22)29-26(20(19)15-28)34-23(18-6-3-2-4-7-18)24-25(31)30-27(32)35-24/h2-14,23,31H,1H3,(H,30,32). The molecule has 0 saturated heterocycles.